The van der Waals surface area contributed by atoms with Crippen molar-refractivity contribution in [3.05, 3.63) is 58.3 Å². The van der Waals surface area contributed by atoms with Crippen LogP contribution < -0.4 is 4.74 Å². The third-order valence-corrected chi connectivity index (χ3v) is 6.23. The molecular weight excluding hydrogens is 407 g/mol. The highest BCUT2D eigenvalue weighted by molar-refractivity contribution is 7.16. The lowest BCUT2D eigenvalue weighted by atomic mass is 9.97. The van der Waals surface area contributed by atoms with Gasteiger partial charge in [0.05, 0.1) is 34.5 Å². The highest BCUT2D eigenvalue weighted by Crippen LogP contribution is 2.29. The fourth-order valence-electron chi connectivity index (χ4n) is 3.81. The fraction of sp³-hybridized carbons (Fsp3) is 0.318. The predicted octanol–water partition coefficient (Wildman–Crippen LogP) is 3.23. The van der Waals surface area contributed by atoms with E-state index in [1.54, 1.807) is 16.2 Å². The monoisotopic (exact) mass is 426 g/mol. The van der Waals surface area contributed by atoms with Crippen LogP contribution >= 0.6 is 11.3 Å². The molecule has 3 aromatic rings. The number of thiazole rings is 1. The normalized spacial score (nSPS) is 16.3. The summed E-state index contributed by atoms with van der Waals surface area (Å²) in [6, 6.07) is 8.75. The first kappa shape index (κ1) is 19.1. The van der Waals surface area contributed by atoms with E-state index in [0.717, 1.165) is 15.8 Å². The molecule has 0 aliphatic carbocycles. The minimum atomic E-state index is -0.620. The Bertz CT molecular complexity index is 1140. The van der Waals surface area contributed by atoms with Crippen LogP contribution in [0.5, 0.6) is 5.75 Å². The molecule has 8 heteroatoms. The molecule has 2 aliphatic heterocycles. The SMILES string of the molecule is O=C1COc2cc(F)c(C(=O)N3CC(COCc4ccc5scnc5c4)C3)cc2C1. The zero-order chi connectivity index (χ0) is 20.7. The number of halogens is 1. The van der Waals surface area contributed by atoms with E-state index < -0.39 is 5.82 Å². The zero-order valence-corrected chi connectivity index (χ0v) is 16.9. The van der Waals surface area contributed by atoms with Gasteiger partial charge in [0.15, 0.2) is 5.78 Å². The van der Waals surface area contributed by atoms with Gasteiger partial charge in [-0.2, -0.15) is 0 Å². The molecule has 1 saturated heterocycles. The number of fused-ring (bicyclic) bond motifs is 2. The number of nitrogens with zero attached hydrogens (tertiary/aromatic N) is 2. The second-order valence-corrected chi connectivity index (χ2v) is 8.58. The molecule has 1 fully saturated rings. The fourth-order valence-corrected chi connectivity index (χ4v) is 4.46. The van der Waals surface area contributed by atoms with Gasteiger partial charge >= 0.3 is 0 Å². The number of rotatable bonds is 5. The van der Waals surface area contributed by atoms with Crippen molar-refractivity contribution in [1.29, 1.82) is 0 Å². The number of carbonyl (C=O) groups is 2. The third-order valence-electron chi connectivity index (χ3n) is 5.42. The van der Waals surface area contributed by atoms with Crippen LogP contribution in [-0.2, 0) is 22.6 Å². The van der Waals surface area contributed by atoms with Gasteiger partial charge in [0.2, 0.25) is 0 Å². The van der Waals surface area contributed by atoms with E-state index in [4.69, 9.17) is 9.47 Å². The maximum Gasteiger partial charge on any atom is 0.256 e. The number of aromatic nitrogens is 1. The highest BCUT2D eigenvalue weighted by Gasteiger charge is 2.33. The van der Waals surface area contributed by atoms with E-state index in [0.29, 0.717) is 37.6 Å². The van der Waals surface area contributed by atoms with Crippen molar-refractivity contribution in [1.82, 2.24) is 9.88 Å². The van der Waals surface area contributed by atoms with Crippen LogP contribution in [0.1, 0.15) is 21.5 Å². The summed E-state index contributed by atoms with van der Waals surface area (Å²) < 4.78 is 26.6. The van der Waals surface area contributed by atoms with Crippen molar-refractivity contribution < 1.29 is 23.5 Å². The zero-order valence-electron chi connectivity index (χ0n) is 16.1. The molecule has 3 heterocycles. The lowest BCUT2D eigenvalue weighted by molar-refractivity contribution is -0.121. The van der Waals surface area contributed by atoms with Crippen LogP contribution in [0.25, 0.3) is 10.2 Å². The number of likely N-dealkylation sites (tertiary alicyclic amines) is 1. The maximum absolute atomic E-state index is 14.4. The van der Waals surface area contributed by atoms with E-state index in [2.05, 4.69) is 4.98 Å². The lowest BCUT2D eigenvalue weighted by Crippen LogP contribution is -2.51. The summed E-state index contributed by atoms with van der Waals surface area (Å²) in [5, 5.41) is 0. The molecule has 0 radical (unpaired) electrons. The summed E-state index contributed by atoms with van der Waals surface area (Å²) in [7, 11) is 0. The molecule has 0 spiro atoms. The lowest BCUT2D eigenvalue weighted by Gasteiger charge is -2.39. The minimum absolute atomic E-state index is 0.0111. The van der Waals surface area contributed by atoms with Gasteiger partial charge in [0.1, 0.15) is 18.2 Å². The van der Waals surface area contributed by atoms with Gasteiger partial charge in [0.25, 0.3) is 5.91 Å². The van der Waals surface area contributed by atoms with Gasteiger partial charge in [0, 0.05) is 37.1 Å². The average molecular weight is 426 g/mol. The standard InChI is InChI=1S/C22H19FN2O4S/c23-18-6-20-15(4-16(26)11-29-20)5-17(18)22(27)25-7-14(8-25)10-28-9-13-1-2-21-19(3-13)24-12-30-21/h1-3,5-6,12,14H,4,7-11H2. The number of hydrogen-bond donors (Lipinski definition) is 0. The summed E-state index contributed by atoms with van der Waals surface area (Å²) in [6.07, 6.45) is 0.166. The average Bonchev–Trinajstić information content (AvgIpc) is 3.17. The molecule has 0 saturated carbocycles. The first-order valence-electron chi connectivity index (χ1n) is 9.73. The number of Topliss-reactive ketones (excluding diaryl/α,β-unsaturated/α-hetero) is 1. The molecular formula is C22H19FN2O4S. The molecule has 2 aromatic carbocycles. The predicted molar refractivity (Wildman–Crippen MR) is 109 cm³/mol. The van der Waals surface area contributed by atoms with Crippen molar-refractivity contribution in [2.45, 2.75) is 13.0 Å². The second-order valence-electron chi connectivity index (χ2n) is 7.69. The molecule has 2 aliphatic rings. The van der Waals surface area contributed by atoms with E-state index >= 15 is 0 Å². The van der Waals surface area contributed by atoms with Crippen LogP contribution in [0.2, 0.25) is 0 Å². The Morgan fingerprint density at radius 3 is 3.03 bits per heavy atom. The molecule has 0 unspecified atom stereocenters. The first-order valence-corrected chi connectivity index (χ1v) is 10.6. The number of ether oxygens (including phenoxy) is 2. The number of hydrogen-bond acceptors (Lipinski definition) is 6. The van der Waals surface area contributed by atoms with Gasteiger partial charge in [-0.3, -0.25) is 9.59 Å². The summed E-state index contributed by atoms with van der Waals surface area (Å²) >= 11 is 1.61. The molecule has 154 valence electrons. The van der Waals surface area contributed by atoms with Crippen molar-refractivity contribution >= 4 is 33.2 Å². The molecule has 0 bridgehead atoms. The number of carbonyl (C=O) groups excluding carboxylic acids is 2. The van der Waals surface area contributed by atoms with E-state index in [-0.39, 0.29) is 36.2 Å². The summed E-state index contributed by atoms with van der Waals surface area (Å²) in [5.74, 6) is -0.497. The van der Waals surface area contributed by atoms with Gasteiger partial charge in [-0.1, -0.05) is 6.07 Å². The molecule has 30 heavy (non-hydrogen) atoms. The van der Waals surface area contributed by atoms with Gasteiger partial charge in [-0.25, -0.2) is 9.37 Å². The maximum atomic E-state index is 14.4. The van der Waals surface area contributed by atoms with E-state index in [9.17, 15) is 14.0 Å². The van der Waals surface area contributed by atoms with Crippen LogP contribution in [0.4, 0.5) is 4.39 Å². The first-order chi connectivity index (χ1) is 14.6. The van der Waals surface area contributed by atoms with Crippen molar-refractivity contribution in [3.63, 3.8) is 0 Å². The van der Waals surface area contributed by atoms with Gasteiger partial charge < -0.3 is 14.4 Å². The van der Waals surface area contributed by atoms with Crippen LogP contribution in [0.3, 0.4) is 0 Å². The quantitative estimate of drug-likeness (QED) is 0.627. The van der Waals surface area contributed by atoms with Crippen LogP contribution in [-0.4, -0.2) is 47.9 Å². The summed E-state index contributed by atoms with van der Waals surface area (Å²) in [6.45, 7) is 2.02. The van der Waals surface area contributed by atoms with Crippen molar-refractivity contribution in [3.8, 4) is 5.75 Å². The Morgan fingerprint density at radius 1 is 1.30 bits per heavy atom. The molecule has 5 rings (SSSR count). The minimum Gasteiger partial charge on any atom is -0.485 e. The Hall–Kier alpha value is -2.84. The number of ketones is 1. The Kier molecular flexibility index (Phi) is 4.96. The van der Waals surface area contributed by atoms with Gasteiger partial charge in [-0.15, -0.1) is 11.3 Å². The smallest absolute Gasteiger partial charge is 0.256 e. The van der Waals surface area contributed by atoms with Crippen LogP contribution in [0.15, 0.2) is 35.8 Å². The summed E-state index contributed by atoms with van der Waals surface area (Å²) in [5.41, 5.74) is 4.41. The van der Waals surface area contributed by atoms with E-state index in [1.165, 1.54) is 12.1 Å². The Morgan fingerprint density at radius 2 is 2.17 bits per heavy atom. The molecule has 1 amide bonds. The van der Waals surface area contributed by atoms with Crippen LogP contribution in [0, 0.1) is 11.7 Å². The molecule has 6 nitrogen and oxygen atoms in total. The Labute approximate surface area is 176 Å². The number of amides is 1. The topological polar surface area (TPSA) is 68.7 Å². The highest BCUT2D eigenvalue weighted by atomic mass is 32.1. The Balaban J connectivity index is 1.14. The second kappa shape index (κ2) is 7.77. The molecule has 1 aromatic heterocycles. The van der Waals surface area contributed by atoms with E-state index in [1.807, 2.05) is 23.7 Å². The largest absolute Gasteiger partial charge is 0.485 e. The van der Waals surface area contributed by atoms with Gasteiger partial charge in [-0.05, 0) is 23.8 Å². The van der Waals surface area contributed by atoms with Crippen molar-refractivity contribution in [2.75, 3.05) is 26.3 Å². The van der Waals surface area contributed by atoms with Crippen molar-refractivity contribution in [2.24, 2.45) is 5.92 Å². The molecule has 0 N–H and O–H groups in total. The number of benzene rings is 2. The third kappa shape index (κ3) is 3.68. The summed E-state index contributed by atoms with van der Waals surface area (Å²) in [4.78, 5) is 30.1. The molecule has 0 atom stereocenters.